The molecule has 1 heterocycles. The summed E-state index contributed by atoms with van der Waals surface area (Å²) in [6.45, 7) is 10.0. The molecule has 12 heteroatoms. The molecule has 10 nitrogen and oxygen atoms in total. The van der Waals surface area contributed by atoms with Crippen molar-refractivity contribution in [2.24, 2.45) is 0 Å². The highest BCUT2D eigenvalue weighted by Crippen LogP contribution is 2.25. The molecule has 3 rings (SSSR count). The van der Waals surface area contributed by atoms with Gasteiger partial charge in [-0.25, -0.2) is 16.8 Å². The molecular weight excluding hydrogens is 532 g/mol. The van der Waals surface area contributed by atoms with Crippen LogP contribution < -0.4 is 0 Å². The van der Waals surface area contributed by atoms with E-state index < -0.39 is 20.8 Å². The van der Waals surface area contributed by atoms with Crippen LogP contribution in [0.4, 0.5) is 0 Å². The first-order chi connectivity index (χ1) is 17.5. The van der Waals surface area contributed by atoms with E-state index in [4.69, 9.17) is 0 Å². The van der Waals surface area contributed by atoms with E-state index >= 15 is 0 Å². The van der Waals surface area contributed by atoms with Crippen molar-refractivity contribution >= 4 is 20.8 Å². The fourth-order valence-electron chi connectivity index (χ4n) is 4.37. The molecule has 216 valence electrons. The fraction of sp³-hybridized carbons (Fsp3) is 0.538. The largest absolute Gasteiger partial charge is 0.726 e. The second kappa shape index (κ2) is 15.0. The predicted octanol–water partition coefficient (Wildman–Crippen LogP) is 2.34. The van der Waals surface area contributed by atoms with Crippen molar-refractivity contribution in [3.63, 3.8) is 0 Å². The number of hydrogen-bond acceptors (Lipinski definition) is 8. The highest BCUT2D eigenvalue weighted by Gasteiger charge is 2.42. The molecule has 2 aromatic carbocycles. The Hall–Kier alpha value is -1.90. The van der Waals surface area contributed by atoms with Crippen LogP contribution in [0.25, 0.3) is 0 Å². The van der Waals surface area contributed by atoms with Gasteiger partial charge in [0.15, 0.2) is 0 Å². The Kier molecular flexibility index (Phi) is 13.5. The zero-order valence-corrected chi connectivity index (χ0v) is 24.8. The summed E-state index contributed by atoms with van der Waals surface area (Å²) >= 11 is 0. The number of benzene rings is 2. The lowest BCUT2D eigenvalue weighted by atomic mass is 10.00. The van der Waals surface area contributed by atoms with Crippen LogP contribution in [0, 0.1) is 0 Å². The molecule has 0 amide bonds. The lowest BCUT2D eigenvalue weighted by Gasteiger charge is -2.51. The Morgan fingerprint density at radius 1 is 0.658 bits per heavy atom. The molecule has 1 aliphatic rings. The summed E-state index contributed by atoms with van der Waals surface area (Å²) in [5.74, 6) is 0. The Labute approximate surface area is 228 Å². The van der Waals surface area contributed by atoms with Crippen molar-refractivity contribution in [2.45, 2.75) is 38.8 Å². The molecule has 2 unspecified atom stereocenters. The minimum Gasteiger partial charge on any atom is -0.726 e. The zero-order chi connectivity index (χ0) is 29.0. The van der Waals surface area contributed by atoms with Gasteiger partial charge in [0, 0.05) is 12.8 Å². The van der Waals surface area contributed by atoms with E-state index in [2.05, 4.69) is 97.0 Å². The summed E-state index contributed by atoms with van der Waals surface area (Å²) in [7, 11) is -2.27. The van der Waals surface area contributed by atoms with Crippen LogP contribution in [0.15, 0.2) is 60.7 Å². The molecule has 0 bridgehead atoms. The van der Waals surface area contributed by atoms with E-state index in [1.165, 1.54) is 59.1 Å². The third-order valence-electron chi connectivity index (χ3n) is 7.53. The maximum absolute atomic E-state index is 9.22. The highest BCUT2D eigenvalue weighted by molar-refractivity contribution is 7.81. The lowest BCUT2D eigenvalue weighted by Crippen LogP contribution is -2.69. The lowest BCUT2D eigenvalue weighted by molar-refractivity contribution is -1.03. The van der Waals surface area contributed by atoms with E-state index in [0.717, 1.165) is 14.2 Å². The number of piperazine rings is 1. The fourth-order valence-corrected chi connectivity index (χ4v) is 4.37. The van der Waals surface area contributed by atoms with Gasteiger partial charge in [0.2, 0.25) is 20.8 Å². The van der Waals surface area contributed by atoms with Gasteiger partial charge in [-0.15, -0.1) is 0 Å². The molecule has 1 saturated heterocycles. The highest BCUT2D eigenvalue weighted by atomic mass is 32.3. The van der Waals surface area contributed by atoms with Crippen LogP contribution in [0.1, 0.15) is 25.0 Å². The smallest absolute Gasteiger partial charge is 0.217 e. The molecule has 2 atom stereocenters. The Bertz CT molecular complexity index is 1060. The van der Waals surface area contributed by atoms with Crippen molar-refractivity contribution in [2.75, 3.05) is 54.5 Å². The second-order valence-corrected chi connectivity index (χ2v) is 12.4. The number of quaternary nitrogens is 2. The van der Waals surface area contributed by atoms with Crippen LogP contribution in [0.2, 0.25) is 0 Å². The van der Waals surface area contributed by atoms with Crippen LogP contribution in [-0.2, 0) is 42.0 Å². The monoisotopic (exact) mass is 574 g/mol. The summed E-state index contributed by atoms with van der Waals surface area (Å²) in [5, 5.41) is 0. The first kappa shape index (κ1) is 34.1. The Balaban J connectivity index is 0.000000503. The number of likely N-dealkylation sites (N-methyl/N-ethyl adjacent to an activating group) is 2. The molecule has 1 aliphatic heterocycles. The molecule has 0 aromatic heterocycles. The molecular formula is C26H42N2O8S2. The van der Waals surface area contributed by atoms with Gasteiger partial charge >= 0.3 is 0 Å². The zero-order valence-electron chi connectivity index (χ0n) is 23.1. The quantitative estimate of drug-likeness (QED) is 0.267. The Morgan fingerprint density at radius 2 is 0.895 bits per heavy atom. The van der Waals surface area contributed by atoms with Gasteiger partial charge < -0.3 is 18.1 Å². The van der Waals surface area contributed by atoms with E-state index in [9.17, 15) is 25.9 Å². The number of rotatable bonds is 8. The average molecular weight is 575 g/mol. The summed E-state index contributed by atoms with van der Waals surface area (Å²) < 4.78 is 64.5. The molecule has 0 saturated carbocycles. The number of nitrogens with zero attached hydrogens (tertiary/aromatic N) is 2. The van der Waals surface area contributed by atoms with E-state index in [0.29, 0.717) is 12.1 Å². The van der Waals surface area contributed by atoms with Gasteiger partial charge in [-0.2, -0.15) is 0 Å². The average Bonchev–Trinajstić information content (AvgIpc) is 2.87. The minimum absolute atomic E-state index is 0.676. The maximum Gasteiger partial charge on any atom is 0.217 e. The maximum atomic E-state index is 9.22. The van der Waals surface area contributed by atoms with E-state index in [1.807, 2.05) is 0 Å². The van der Waals surface area contributed by atoms with Crippen LogP contribution in [0.3, 0.4) is 0 Å². The van der Waals surface area contributed by atoms with Crippen molar-refractivity contribution < 1.29 is 43.3 Å². The van der Waals surface area contributed by atoms with Gasteiger partial charge in [0.05, 0.1) is 40.4 Å². The molecule has 0 radical (unpaired) electrons. The van der Waals surface area contributed by atoms with Gasteiger partial charge in [-0.3, -0.25) is 8.37 Å². The summed E-state index contributed by atoms with van der Waals surface area (Å²) in [6, 6.07) is 23.3. The molecule has 0 aliphatic carbocycles. The topological polar surface area (TPSA) is 133 Å². The van der Waals surface area contributed by atoms with Gasteiger partial charge in [-0.1, -0.05) is 60.7 Å². The summed E-state index contributed by atoms with van der Waals surface area (Å²) in [6.07, 6.45) is 2.36. The standard InChI is InChI=1S/C24H36N2.2CH4O4S/c1-21(19-23-11-7-5-8-12-23)25(3)15-17-26(4,18-16-25)22(2)20-24-13-9-6-10-14-24;2*1-5-6(2,3)4/h5-14,21-22H,15-20H2,1-4H3;2*1H3,(H,2,3,4)/q+2;;/p-2. The van der Waals surface area contributed by atoms with Crippen LogP contribution in [-0.4, -0.2) is 101 Å². The van der Waals surface area contributed by atoms with Gasteiger partial charge in [0.25, 0.3) is 0 Å². The molecule has 0 N–H and O–H groups in total. The van der Waals surface area contributed by atoms with E-state index in [1.54, 1.807) is 0 Å². The van der Waals surface area contributed by atoms with Crippen LogP contribution in [0.5, 0.6) is 0 Å². The SMILES string of the molecule is CC(Cc1ccccc1)[N+]1(C)CC[N+](C)(C(C)Cc2ccccc2)CC1.COS(=O)(=O)[O-].COS(=O)(=O)[O-]. The van der Waals surface area contributed by atoms with Crippen molar-refractivity contribution in [3.05, 3.63) is 71.8 Å². The third-order valence-corrected chi connectivity index (χ3v) is 8.34. The first-order valence-corrected chi connectivity index (χ1v) is 15.0. The van der Waals surface area contributed by atoms with Crippen LogP contribution >= 0.6 is 0 Å². The first-order valence-electron chi connectivity index (χ1n) is 12.3. The summed E-state index contributed by atoms with van der Waals surface area (Å²) in [5.41, 5.74) is 2.94. The second-order valence-electron chi connectivity index (χ2n) is 10.1. The normalized spacial score (nSPS) is 23.2. The van der Waals surface area contributed by atoms with E-state index in [-0.39, 0.29) is 0 Å². The molecule has 2 aromatic rings. The van der Waals surface area contributed by atoms with Crippen molar-refractivity contribution in [1.82, 2.24) is 0 Å². The van der Waals surface area contributed by atoms with Gasteiger partial charge in [0.1, 0.15) is 26.2 Å². The molecule has 1 fully saturated rings. The number of hydrogen-bond donors (Lipinski definition) is 0. The van der Waals surface area contributed by atoms with Crippen molar-refractivity contribution in [1.29, 1.82) is 0 Å². The Morgan fingerprint density at radius 3 is 1.11 bits per heavy atom. The minimum atomic E-state index is -4.41. The molecule has 0 spiro atoms. The van der Waals surface area contributed by atoms with Gasteiger partial charge in [-0.05, 0) is 25.0 Å². The molecule has 38 heavy (non-hydrogen) atoms. The third kappa shape index (κ3) is 12.8. The van der Waals surface area contributed by atoms with Crippen molar-refractivity contribution in [3.8, 4) is 0 Å². The predicted molar refractivity (Wildman–Crippen MR) is 144 cm³/mol. The summed E-state index contributed by atoms with van der Waals surface area (Å²) in [4.78, 5) is 0.